The molecule has 14 heteroatoms. The summed E-state index contributed by atoms with van der Waals surface area (Å²) in [5.41, 5.74) is 12.6. The van der Waals surface area contributed by atoms with Crippen molar-refractivity contribution in [3.63, 3.8) is 0 Å². The largest absolute Gasteiger partial charge is 0.497 e. The van der Waals surface area contributed by atoms with Gasteiger partial charge in [0.15, 0.2) is 11.6 Å². The summed E-state index contributed by atoms with van der Waals surface area (Å²) in [6.45, 7) is 1.09. The lowest BCUT2D eigenvalue weighted by Crippen LogP contribution is -2.18. The molecule has 0 saturated carbocycles. The Labute approximate surface area is 228 Å². The fourth-order valence-electron chi connectivity index (χ4n) is 3.88. The van der Waals surface area contributed by atoms with Crippen LogP contribution in [0, 0.1) is 5.41 Å². The summed E-state index contributed by atoms with van der Waals surface area (Å²) in [4.78, 5) is 31.6. The van der Waals surface area contributed by atoms with Gasteiger partial charge in [0.25, 0.3) is 0 Å². The van der Waals surface area contributed by atoms with Crippen LogP contribution in [0.5, 0.6) is 17.2 Å². The molecule has 0 bridgehead atoms. The summed E-state index contributed by atoms with van der Waals surface area (Å²) >= 11 is 0. The van der Waals surface area contributed by atoms with Gasteiger partial charge < -0.3 is 36.1 Å². The second-order valence-electron chi connectivity index (χ2n) is 8.45. The molecule has 0 amide bonds. The van der Waals surface area contributed by atoms with Crippen molar-refractivity contribution in [1.29, 1.82) is 5.41 Å². The van der Waals surface area contributed by atoms with Gasteiger partial charge in [-0.1, -0.05) is 0 Å². The lowest BCUT2D eigenvalue weighted by atomic mass is 10.0. The Hall–Kier alpha value is -5.37. The van der Waals surface area contributed by atoms with E-state index in [2.05, 4.69) is 20.4 Å². The molecule has 8 N–H and O–H groups in total. The topological polar surface area (TPSA) is 216 Å². The molecule has 0 aliphatic carbocycles. The Morgan fingerprint density at radius 1 is 1.23 bits per heavy atom. The summed E-state index contributed by atoms with van der Waals surface area (Å²) in [7, 11) is 1.49. The number of hydrogen-bond acceptors (Lipinski definition) is 11. The average Bonchev–Trinajstić information content (AvgIpc) is 3.30. The fraction of sp³-hybridized carbons (Fsp3) is 0.192. The number of ether oxygens (including phenoxy) is 3. The molecule has 40 heavy (non-hydrogen) atoms. The van der Waals surface area contributed by atoms with Crippen molar-refractivity contribution < 1.29 is 24.1 Å². The maximum absolute atomic E-state index is 13.0. The minimum absolute atomic E-state index is 0.0490. The molecular formula is C26H28N8O6. The average molecular weight is 549 g/mol. The van der Waals surface area contributed by atoms with Gasteiger partial charge in [-0.15, -0.1) is 5.10 Å². The quantitative estimate of drug-likeness (QED) is 0.0680. The number of H-pyrrole nitrogens is 1. The van der Waals surface area contributed by atoms with Crippen molar-refractivity contribution in [3.05, 3.63) is 82.2 Å². The van der Waals surface area contributed by atoms with Gasteiger partial charge in [-0.3, -0.25) is 15.2 Å². The summed E-state index contributed by atoms with van der Waals surface area (Å²) in [6.07, 6.45) is 1.49. The van der Waals surface area contributed by atoms with Crippen molar-refractivity contribution in [1.82, 2.24) is 19.7 Å². The van der Waals surface area contributed by atoms with Gasteiger partial charge in [0.1, 0.15) is 35.7 Å². The van der Waals surface area contributed by atoms with Crippen LogP contribution in [0.1, 0.15) is 29.9 Å². The normalized spacial score (nSPS) is 11.5. The Balaban J connectivity index is 1.85. The Kier molecular flexibility index (Phi) is 8.30. The maximum Gasteiger partial charge on any atom is 0.349 e. The van der Waals surface area contributed by atoms with E-state index in [1.807, 2.05) is 0 Å². The number of carbonyl (C=O) groups is 1. The van der Waals surface area contributed by atoms with E-state index in [0.717, 1.165) is 4.68 Å². The van der Waals surface area contributed by atoms with E-state index in [0.29, 0.717) is 22.7 Å². The molecule has 0 fully saturated rings. The maximum atomic E-state index is 13.0. The first-order valence-electron chi connectivity index (χ1n) is 12.0. The fourth-order valence-corrected chi connectivity index (χ4v) is 3.88. The van der Waals surface area contributed by atoms with Crippen molar-refractivity contribution >= 4 is 23.2 Å². The predicted octanol–water partition coefficient (Wildman–Crippen LogP) is 1.33. The minimum atomic E-state index is -0.821. The van der Waals surface area contributed by atoms with E-state index in [1.54, 1.807) is 36.4 Å². The van der Waals surface area contributed by atoms with Crippen LogP contribution < -0.4 is 36.7 Å². The highest BCUT2D eigenvalue weighted by molar-refractivity contribution is 5.98. The highest BCUT2D eigenvalue weighted by atomic mass is 16.5. The number of nitrogens with zero attached hydrogens (tertiary/aromatic N) is 3. The summed E-state index contributed by atoms with van der Waals surface area (Å²) in [6, 6.07) is 12.1. The number of carbonyl (C=O) groups excluding carboxylic acids is 1. The Morgan fingerprint density at radius 2 is 2.00 bits per heavy atom. The number of pyridine rings is 1. The smallest absolute Gasteiger partial charge is 0.349 e. The number of benzene rings is 2. The van der Waals surface area contributed by atoms with Crippen molar-refractivity contribution in [3.8, 4) is 23.1 Å². The van der Waals surface area contributed by atoms with Crippen LogP contribution in [0.15, 0.2) is 59.5 Å². The van der Waals surface area contributed by atoms with E-state index in [9.17, 15) is 14.7 Å². The number of hydrogen-bond donors (Lipinski definition) is 6. The predicted molar refractivity (Wildman–Crippen MR) is 146 cm³/mol. The number of methoxy groups -OCH3 is 1. The zero-order valence-electron chi connectivity index (χ0n) is 21.7. The first kappa shape index (κ1) is 27.7. The number of nitrogens with one attached hydrogen (secondary N) is 3. The number of aromatic amines is 1. The monoisotopic (exact) mass is 548 g/mol. The molecule has 0 spiro atoms. The standard InChI is InChI=1S/C26H28N8O6/c1-14(36)40-21-12-16(5-6-19(21)23(28)29)31-22(15-10-17(38-2)13-18(11-15)39-9-8-35)24-32-26(37)34(33-24)25-20(27)4-3-7-30-25/h3-7,10-13,22,31,35H,8-9,27H2,1-2H3,(H3,28,29)(H,32,33,37). The lowest BCUT2D eigenvalue weighted by molar-refractivity contribution is -0.131. The van der Waals surface area contributed by atoms with Gasteiger partial charge in [-0.2, -0.15) is 4.68 Å². The van der Waals surface area contributed by atoms with Crippen LogP contribution in [-0.4, -0.2) is 57.0 Å². The number of esters is 1. The highest BCUT2D eigenvalue weighted by Gasteiger charge is 2.24. The molecule has 2 aromatic heterocycles. The molecular weight excluding hydrogens is 520 g/mol. The van der Waals surface area contributed by atoms with Crippen molar-refractivity contribution in [2.24, 2.45) is 5.73 Å². The summed E-state index contributed by atoms with van der Waals surface area (Å²) in [5, 5.41) is 24.8. The van der Waals surface area contributed by atoms with Gasteiger partial charge in [0, 0.05) is 30.9 Å². The number of nitrogens with two attached hydrogens (primary N) is 2. The number of rotatable bonds is 11. The van der Waals surface area contributed by atoms with Gasteiger partial charge in [-0.25, -0.2) is 9.78 Å². The van der Waals surface area contributed by atoms with Crippen LogP contribution in [0.25, 0.3) is 5.82 Å². The molecule has 4 aromatic rings. The Bertz CT molecular complexity index is 1600. The van der Waals surface area contributed by atoms with Crippen LogP contribution in [0.3, 0.4) is 0 Å². The number of amidine groups is 1. The molecule has 2 aromatic carbocycles. The number of nitrogen functional groups attached to an aromatic ring is 2. The van der Waals surface area contributed by atoms with E-state index in [1.165, 1.54) is 32.4 Å². The van der Waals surface area contributed by atoms with Crippen LogP contribution in [-0.2, 0) is 4.79 Å². The molecule has 14 nitrogen and oxygen atoms in total. The van der Waals surface area contributed by atoms with E-state index < -0.39 is 17.7 Å². The first-order valence-corrected chi connectivity index (χ1v) is 12.0. The zero-order chi connectivity index (χ0) is 28.8. The highest BCUT2D eigenvalue weighted by Crippen LogP contribution is 2.33. The van der Waals surface area contributed by atoms with Crippen LogP contribution in [0.2, 0.25) is 0 Å². The second kappa shape index (κ2) is 12.0. The number of anilines is 2. The SMILES string of the molecule is COc1cc(OCCO)cc(C(Nc2ccc(C(=N)N)c(OC(C)=O)c2)c2nn(-c3ncccc3N)c(=O)[nH]2)c1. The molecule has 1 unspecified atom stereocenters. The minimum Gasteiger partial charge on any atom is -0.497 e. The van der Waals surface area contributed by atoms with Gasteiger partial charge in [0.2, 0.25) is 0 Å². The zero-order valence-corrected chi connectivity index (χ0v) is 21.7. The van der Waals surface area contributed by atoms with Crippen molar-refractivity contribution in [2.75, 3.05) is 31.4 Å². The van der Waals surface area contributed by atoms with Crippen LogP contribution in [0.4, 0.5) is 11.4 Å². The summed E-state index contributed by atoms with van der Waals surface area (Å²) < 4.78 is 17.4. The lowest BCUT2D eigenvalue weighted by Gasteiger charge is -2.21. The Morgan fingerprint density at radius 3 is 2.67 bits per heavy atom. The third-order valence-corrected chi connectivity index (χ3v) is 5.59. The molecule has 0 aliphatic rings. The second-order valence-corrected chi connectivity index (χ2v) is 8.45. The molecule has 2 heterocycles. The van der Waals surface area contributed by atoms with E-state index >= 15 is 0 Å². The summed E-state index contributed by atoms with van der Waals surface area (Å²) in [5.74, 6) is 0.371. The van der Waals surface area contributed by atoms with Gasteiger partial charge in [-0.05, 0) is 42.0 Å². The van der Waals surface area contributed by atoms with Crippen molar-refractivity contribution in [2.45, 2.75) is 13.0 Å². The third-order valence-electron chi connectivity index (χ3n) is 5.59. The molecule has 0 aliphatic heterocycles. The third kappa shape index (κ3) is 6.19. The van der Waals surface area contributed by atoms with E-state index in [-0.39, 0.29) is 47.7 Å². The van der Waals surface area contributed by atoms with Crippen LogP contribution >= 0.6 is 0 Å². The molecule has 4 rings (SSSR count). The number of aliphatic hydroxyl groups is 1. The van der Waals surface area contributed by atoms with Gasteiger partial charge >= 0.3 is 11.7 Å². The number of aliphatic hydroxyl groups excluding tert-OH is 1. The molecule has 208 valence electrons. The first-order chi connectivity index (χ1) is 19.2. The molecule has 1 atom stereocenters. The molecule has 0 radical (unpaired) electrons. The number of aromatic nitrogens is 4. The van der Waals surface area contributed by atoms with E-state index in [4.69, 9.17) is 31.1 Å². The van der Waals surface area contributed by atoms with Gasteiger partial charge in [0.05, 0.1) is 25.0 Å². The molecule has 0 saturated heterocycles.